The van der Waals surface area contributed by atoms with E-state index in [1.54, 1.807) is 0 Å². The van der Waals surface area contributed by atoms with Crippen molar-refractivity contribution in [2.75, 3.05) is 13.1 Å². The van der Waals surface area contributed by atoms with E-state index in [1.807, 2.05) is 12.3 Å². The van der Waals surface area contributed by atoms with Crippen molar-refractivity contribution >= 4 is 0 Å². The summed E-state index contributed by atoms with van der Waals surface area (Å²) in [7, 11) is 0. The molecule has 0 amide bonds. The number of nitrogens with zero attached hydrogens (tertiary/aromatic N) is 1. The molecule has 0 aromatic carbocycles. The van der Waals surface area contributed by atoms with Crippen LogP contribution < -0.4 is 5.32 Å². The largest absolute Gasteiger partial charge is 0.370 e. The van der Waals surface area contributed by atoms with E-state index in [4.69, 9.17) is 0 Å². The molecule has 14 heavy (non-hydrogen) atoms. The molecule has 2 rings (SSSR count). The van der Waals surface area contributed by atoms with Crippen molar-refractivity contribution < 1.29 is 0 Å². The first kappa shape index (κ1) is 9.38. The first-order chi connectivity index (χ1) is 6.97. The molecule has 2 nitrogen and oxygen atoms in total. The van der Waals surface area contributed by atoms with Gasteiger partial charge in [0.05, 0.1) is 5.70 Å². The minimum Gasteiger partial charge on any atom is -0.370 e. The molecule has 0 saturated carbocycles. The van der Waals surface area contributed by atoms with Gasteiger partial charge in [-0.15, -0.1) is 0 Å². The van der Waals surface area contributed by atoms with Gasteiger partial charge in [-0.1, -0.05) is 6.08 Å². The molecule has 2 heteroatoms. The molecule has 2 heterocycles. The minimum absolute atomic E-state index is 1.15. The molecule has 0 bridgehead atoms. The Morgan fingerprint density at radius 2 is 2.14 bits per heavy atom. The van der Waals surface area contributed by atoms with Crippen molar-refractivity contribution in [3.8, 4) is 0 Å². The average Bonchev–Trinajstić information content (AvgIpc) is 2.62. The highest BCUT2D eigenvalue weighted by atomic mass is 15.1. The Labute approximate surface area is 86.0 Å². The number of rotatable bonds is 1. The number of nitrogens with one attached hydrogen (secondary N) is 1. The molecule has 0 unspecified atom stereocenters. The molecule has 2 aliphatic heterocycles. The zero-order chi connectivity index (χ0) is 9.64. The van der Waals surface area contributed by atoms with Crippen LogP contribution in [0.25, 0.3) is 0 Å². The van der Waals surface area contributed by atoms with Crippen molar-refractivity contribution in [1.29, 1.82) is 0 Å². The van der Waals surface area contributed by atoms with Crippen molar-refractivity contribution in [3.05, 3.63) is 42.7 Å². The van der Waals surface area contributed by atoms with Crippen LogP contribution in [0.5, 0.6) is 0 Å². The van der Waals surface area contributed by atoms with Crippen LogP contribution in [-0.4, -0.2) is 18.0 Å². The van der Waals surface area contributed by atoms with Crippen molar-refractivity contribution in [2.24, 2.45) is 0 Å². The fourth-order valence-corrected chi connectivity index (χ4v) is 1.83. The van der Waals surface area contributed by atoms with E-state index < -0.39 is 0 Å². The number of allylic oxidation sites excluding steroid dienone is 3. The summed E-state index contributed by atoms with van der Waals surface area (Å²) in [5.74, 6) is 0. The second kappa shape index (κ2) is 4.89. The number of likely N-dealkylation sites (tertiary alicyclic amines) is 1. The first-order valence-electron chi connectivity index (χ1n) is 5.33. The van der Waals surface area contributed by atoms with Gasteiger partial charge in [0, 0.05) is 25.5 Å². The Morgan fingerprint density at radius 3 is 3.14 bits per heavy atom. The van der Waals surface area contributed by atoms with Gasteiger partial charge in [-0.05, 0) is 37.8 Å². The lowest BCUT2D eigenvalue weighted by molar-refractivity contribution is 0.369. The van der Waals surface area contributed by atoms with Crippen LogP contribution in [0.2, 0.25) is 0 Å². The Kier molecular flexibility index (Phi) is 3.28. The zero-order valence-corrected chi connectivity index (χ0v) is 8.45. The van der Waals surface area contributed by atoms with E-state index in [1.165, 1.54) is 31.5 Å². The molecular weight excluding hydrogens is 172 g/mol. The first-order valence-corrected chi connectivity index (χ1v) is 5.33. The SMILES string of the molecule is [CH]1CCCN(C2=CNC=CC=C2)CC1. The highest BCUT2D eigenvalue weighted by Crippen LogP contribution is 2.15. The molecular formula is C12H17N2. The molecule has 0 spiro atoms. The van der Waals surface area contributed by atoms with Gasteiger partial charge < -0.3 is 10.2 Å². The molecule has 1 radical (unpaired) electrons. The van der Waals surface area contributed by atoms with Crippen molar-refractivity contribution in [2.45, 2.75) is 19.3 Å². The van der Waals surface area contributed by atoms with E-state index in [0.717, 1.165) is 6.54 Å². The second-order valence-corrected chi connectivity index (χ2v) is 3.66. The van der Waals surface area contributed by atoms with Gasteiger partial charge in [0.1, 0.15) is 0 Å². The van der Waals surface area contributed by atoms with Gasteiger partial charge in [0.25, 0.3) is 0 Å². The van der Waals surface area contributed by atoms with Crippen LogP contribution in [0.3, 0.4) is 0 Å². The second-order valence-electron chi connectivity index (χ2n) is 3.66. The van der Waals surface area contributed by atoms with Gasteiger partial charge in [0.15, 0.2) is 0 Å². The fraction of sp³-hybridized carbons (Fsp3) is 0.417. The summed E-state index contributed by atoms with van der Waals surface area (Å²) >= 11 is 0. The maximum absolute atomic E-state index is 3.16. The van der Waals surface area contributed by atoms with Gasteiger partial charge >= 0.3 is 0 Å². The summed E-state index contributed by atoms with van der Waals surface area (Å²) in [6, 6.07) is 0. The van der Waals surface area contributed by atoms with Crippen LogP contribution in [0.1, 0.15) is 19.3 Å². The van der Waals surface area contributed by atoms with E-state index >= 15 is 0 Å². The van der Waals surface area contributed by atoms with Crippen molar-refractivity contribution in [1.82, 2.24) is 10.2 Å². The predicted octanol–water partition coefficient (Wildman–Crippen LogP) is 2.19. The summed E-state index contributed by atoms with van der Waals surface area (Å²) in [6.07, 6.45) is 16.4. The third-order valence-electron chi connectivity index (χ3n) is 2.61. The van der Waals surface area contributed by atoms with Crippen LogP contribution in [-0.2, 0) is 0 Å². The summed E-state index contributed by atoms with van der Waals surface area (Å²) < 4.78 is 0. The van der Waals surface area contributed by atoms with Crippen molar-refractivity contribution in [3.63, 3.8) is 0 Å². The van der Waals surface area contributed by atoms with Gasteiger partial charge in [0.2, 0.25) is 0 Å². The summed E-state index contributed by atoms with van der Waals surface area (Å²) in [6.45, 7) is 2.33. The van der Waals surface area contributed by atoms with E-state index in [9.17, 15) is 0 Å². The van der Waals surface area contributed by atoms with E-state index in [0.29, 0.717) is 0 Å². The van der Waals surface area contributed by atoms with E-state index in [-0.39, 0.29) is 0 Å². The Bertz CT molecular complexity index is 255. The quantitative estimate of drug-likeness (QED) is 0.680. The van der Waals surface area contributed by atoms with Gasteiger partial charge in [-0.3, -0.25) is 0 Å². The monoisotopic (exact) mass is 189 g/mol. The normalized spacial score (nSPS) is 22.3. The lowest BCUT2D eigenvalue weighted by atomic mass is 10.2. The topological polar surface area (TPSA) is 15.3 Å². The molecule has 0 aromatic heterocycles. The average molecular weight is 189 g/mol. The van der Waals surface area contributed by atoms with Crippen LogP contribution in [0.15, 0.2) is 36.3 Å². The summed E-state index contributed by atoms with van der Waals surface area (Å²) in [5.41, 5.74) is 1.30. The molecule has 1 fully saturated rings. The third kappa shape index (κ3) is 2.41. The Morgan fingerprint density at radius 1 is 1.14 bits per heavy atom. The fourth-order valence-electron chi connectivity index (χ4n) is 1.83. The highest BCUT2D eigenvalue weighted by Gasteiger charge is 2.10. The zero-order valence-electron chi connectivity index (χ0n) is 8.45. The molecule has 1 saturated heterocycles. The minimum atomic E-state index is 1.15. The van der Waals surface area contributed by atoms with Gasteiger partial charge in [-0.2, -0.15) is 0 Å². The maximum atomic E-state index is 3.16. The molecule has 75 valence electrons. The molecule has 2 aliphatic rings. The molecule has 0 aromatic rings. The Hall–Kier alpha value is -1.18. The lowest BCUT2D eigenvalue weighted by Gasteiger charge is -2.23. The third-order valence-corrected chi connectivity index (χ3v) is 2.61. The maximum Gasteiger partial charge on any atom is 0.0529 e. The van der Waals surface area contributed by atoms with Crippen LogP contribution in [0, 0.1) is 6.42 Å². The Balaban J connectivity index is 2.01. The molecule has 0 aliphatic carbocycles. The summed E-state index contributed by atoms with van der Waals surface area (Å²) in [4.78, 5) is 2.44. The molecule has 0 atom stereocenters. The van der Waals surface area contributed by atoms with Crippen LogP contribution in [0.4, 0.5) is 0 Å². The summed E-state index contributed by atoms with van der Waals surface area (Å²) in [5, 5.41) is 3.16. The predicted molar refractivity (Wildman–Crippen MR) is 59.2 cm³/mol. The van der Waals surface area contributed by atoms with Crippen LogP contribution >= 0.6 is 0 Å². The lowest BCUT2D eigenvalue weighted by Crippen LogP contribution is -2.23. The molecule has 1 N–H and O–H groups in total. The van der Waals surface area contributed by atoms with E-state index in [2.05, 4.69) is 35.0 Å². The number of hydrogen-bond donors (Lipinski definition) is 1. The van der Waals surface area contributed by atoms with Gasteiger partial charge in [-0.25, -0.2) is 0 Å². The smallest absolute Gasteiger partial charge is 0.0529 e. The standard InChI is InChI=1S/C12H17N2/c1-2-6-10-14(9-5-1)12-7-3-4-8-13-11-12/h1,3-4,7-8,11,13H,2,5-6,9-10H2. The highest BCUT2D eigenvalue weighted by molar-refractivity contribution is 5.24. The number of hydrogen-bond acceptors (Lipinski definition) is 2.